The zero-order valence-electron chi connectivity index (χ0n) is 17.5. The second kappa shape index (κ2) is 9.76. The molecule has 1 amide bonds. The lowest BCUT2D eigenvalue weighted by molar-refractivity contribution is 0.102. The van der Waals surface area contributed by atoms with Crippen molar-refractivity contribution in [1.29, 1.82) is 0 Å². The summed E-state index contributed by atoms with van der Waals surface area (Å²) in [6.45, 7) is 8.24. The molecule has 158 valence electrons. The summed E-state index contributed by atoms with van der Waals surface area (Å²) in [5.74, 6) is 0.0895. The summed E-state index contributed by atoms with van der Waals surface area (Å²) in [6.07, 6.45) is 1.05. The van der Waals surface area contributed by atoms with Crippen molar-refractivity contribution in [3.05, 3.63) is 53.6 Å². The summed E-state index contributed by atoms with van der Waals surface area (Å²) in [7, 11) is -2.03. The van der Waals surface area contributed by atoms with Crippen LogP contribution in [0, 0.1) is 0 Å². The first kappa shape index (κ1) is 22.7. The molecule has 7 nitrogen and oxygen atoms in total. The van der Waals surface area contributed by atoms with Crippen molar-refractivity contribution in [2.75, 3.05) is 29.9 Å². The molecule has 0 radical (unpaired) electrons. The van der Waals surface area contributed by atoms with Gasteiger partial charge in [0.25, 0.3) is 5.91 Å². The summed E-state index contributed by atoms with van der Waals surface area (Å²) < 4.78 is 30.6. The van der Waals surface area contributed by atoms with Gasteiger partial charge in [0, 0.05) is 23.8 Å². The molecule has 0 spiro atoms. The highest BCUT2D eigenvalue weighted by atomic mass is 32.2. The van der Waals surface area contributed by atoms with Crippen LogP contribution < -0.4 is 14.8 Å². The normalized spacial score (nSPS) is 11.6. The van der Waals surface area contributed by atoms with Crippen LogP contribution in [-0.2, 0) is 16.6 Å². The number of carbonyl (C=O) groups excluding carboxylic acids is 1. The lowest BCUT2D eigenvalue weighted by Gasteiger charge is -2.24. The van der Waals surface area contributed by atoms with Crippen LogP contribution in [-0.4, -0.2) is 45.2 Å². The molecule has 0 saturated carbocycles. The van der Waals surface area contributed by atoms with E-state index in [1.165, 1.54) is 13.2 Å². The fourth-order valence-corrected chi connectivity index (χ4v) is 3.48. The Balaban J connectivity index is 2.13. The van der Waals surface area contributed by atoms with Crippen molar-refractivity contribution < 1.29 is 17.9 Å². The lowest BCUT2D eigenvalue weighted by Crippen LogP contribution is -2.29. The van der Waals surface area contributed by atoms with E-state index in [4.69, 9.17) is 4.74 Å². The van der Waals surface area contributed by atoms with Crippen LogP contribution in [0.4, 0.5) is 11.4 Å². The molecule has 8 heteroatoms. The van der Waals surface area contributed by atoms with Gasteiger partial charge in [-0.25, -0.2) is 8.42 Å². The predicted octanol–water partition coefficient (Wildman–Crippen LogP) is 3.55. The molecule has 0 heterocycles. The highest BCUT2D eigenvalue weighted by Crippen LogP contribution is 2.28. The van der Waals surface area contributed by atoms with Crippen molar-refractivity contribution in [3.63, 3.8) is 0 Å². The number of hydrogen-bond donors (Lipinski definition) is 2. The molecule has 2 aromatic carbocycles. The molecular formula is C21H29N3O4S. The largest absolute Gasteiger partial charge is 0.495 e. The van der Waals surface area contributed by atoms with Crippen LogP contribution in [0.15, 0.2) is 42.5 Å². The molecule has 0 aliphatic carbocycles. The minimum Gasteiger partial charge on any atom is -0.495 e. The second-order valence-corrected chi connectivity index (χ2v) is 8.85. The molecule has 0 aliphatic rings. The number of nitrogens with one attached hydrogen (secondary N) is 2. The van der Waals surface area contributed by atoms with E-state index in [0.717, 1.165) is 24.9 Å². The Labute approximate surface area is 173 Å². The van der Waals surface area contributed by atoms with Gasteiger partial charge >= 0.3 is 0 Å². The van der Waals surface area contributed by atoms with Crippen LogP contribution in [0.5, 0.6) is 5.75 Å². The summed E-state index contributed by atoms with van der Waals surface area (Å²) in [4.78, 5) is 14.9. The maximum atomic E-state index is 12.6. The van der Waals surface area contributed by atoms with Gasteiger partial charge in [0.2, 0.25) is 10.0 Å². The van der Waals surface area contributed by atoms with E-state index >= 15 is 0 Å². The Morgan fingerprint density at radius 3 is 2.31 bits per heavy atom. The number of anilines is 2. The van der Waals surface area contributed by atoms with Crippen LogP contribution in [0.2, 0.25) is 0 Å². The topological polar surface area (TPSA) is 87.7 Å². The van der Waals surface area contributed by atoms with Crippen LogP contribution in [0.3, 0.4) is 0 Å². The van der Waals surface area contributed by atoms with Crippen LogP contribution in [0.25, 0.3) is 0 Å². The van der Waals surface area contributed by atoms with E-state index < -0.39 is 10.0 Å². The quantitative estimate of drug-likeness (QED) is 0.649. The smallest absolute Gasteiger partial charge is 0.255 e. The first-order valence-electron chi connectivity index (χ1n) is 9.43. The van der Waals surface area contributed by atoms with Gasteiger partial charge in [-0.1, -0.05) is 19.1 Å². The van der Waals surface area contributed by atoms with Crippen molar-refractivity contribution in [1.82, 2.24) is 4.90 Å². The van der Waals surface area contributed by atoms with E-state index in [-0.39, 0.29) is 11.6 Å². The van der Waals surface area contributed by atoms with Gasteiger partial charge in [-0.15, -0.1) is 0 Å². The monoisotopic (exact) mass is 419 g/mol. The van der Waals surface area contributed by atoms with Gasteiger partial charge < -0.3 is 10.1 Å². The van der Waals surface area contributed by atoms with Gasteiger partial charge in [0.05, 0.1) is 19.1 Å². The fraction of sp³-hybridized carbons (Fsp3) is 0.381. The Morgan fingerprint density at radius 2 is 1.79 bits per heavy atom. The summed E-state index contributed by atoms with van der Waals surface area (Å²) in [5.41, 5.74) is 2.38. The zero-order chi connectivity index (χ0) is 21.6. The summed E-state index contributed by atoms with van der Waals surface area (Å²) >= 11 is 0. The molecule has 0 unspecified atom stereocenters. The van der Waals surface area contributed by atoms with Crippen molar-refractivity contribution in [2.24, 2.45) is 0 Å². The van der Waals surface area contributed by atoms with Crippen LogP contribution in [0.1, 0.15) is 36.7 Å². The zero-order valence-corrected chi connectivity index (χ0v) is 18.3. The molecule has 0 bridgehead atoms. The second-order valence-electron chi connectivity index (χ2n) is 7.10. The highest BCUT2D eigenvalue weighted by Gasteiger charge is 2.13. The summed E-state index contributed by atoms with van der Waals surface area (Å²) in [5, 5.41) is 2.79. The predicted molar refractivity (Wildman–Crippen MR) is 117 cm³/mol. The van der Waals surface area contributed by atoms with Crippen molar-refractivity contribution in [2.45, 2.75) is 33.4 Å². The average molecular weight is 420 g/mol. The van der Waals surface area contributed by atoms with Crippen molar-refractivity contribution >= 4 is 27.3 Å². The number of nitrogens with zero attached hydrogens (tertiary/aromatic N) is 1. The number of benzene rings is 2. The fourth-order valence-electron chi connectivity index (χ4n) is 2.92. The number of methoxy groups -OCH3 is 1. The third-order valence-corrected chi connectivity index (χ3v) is 5.08. The maximum absolute atomic E-state index is 12.6. The van der Waals surface area contributed by atoms with Gasteiger partial charge in [0.1, 0.15) is 5.75 Å². The van der Waals surface area contributed by atoms with E-state index in [1.54, 1.807) is 24.3 Å². The van der Waals surface area contributed by atoms with Gasteiger partial charge in [-0.2, -0.15) is 0 Å². The number of hydrogen-bond acceptors (Lipinski definition) is 5. The Kier molecular flexibility index (Phi) is 7.64. The Morgan fingerprint density at radius 1 is 1.14 bits per heavy atom. The molecule has 2 rings (SSSR count). The molecule has 0 saturated heterocycles. The number of rotatable bonds is 9. The van der Waals surface area contributed by atoms with Crippen LogP contribution >= 0.6 is 0 Å². The minimum absolute atomic E-state index is 0.261. The SMILES string of the molecule is CCN(Cc1ccc(C(=O)Nc2ccc(OC)c(NS(C)(=O)=O)c2)cc1)C(C)C. The summed E-state index contributed by atoms with van der Waals surface area (Å²) in [6, 6.07) is 12.7. The number of carbonyl (C=O) groups is 1. The number of amides is 1. The van der Waals surface area contributed by atoms with E-state index in [2.05, 4.69) is 35.7 Å². The minimum atomic E-state index is -3.48. The average Bonchev–Trinajstić information content (AvgIpc) is 2.65. The Hall–Kier alpha value is -2.58. The molecule has 2 N–H and O–H groups in total. The van der Waals surface area contributed by atoms with Gasteiger partial charge in [0.15, 0.2) is 0 Å². The van der Waals surface area contributed by atoms with E-state index in [1.807, 2.05) is 12.1 Å². The van der Waals surface area contributed by atoms with E-state index in [9.17, 15) is 13.2 Å². The first-order chi connectivity index (χ1) is 13.6. The number of sulfonamides is 1. The standard InChI is InChI=1S/C21H29N3O4S/c1-6-24(15(2)3)14-16-7-9-17(10-8-16)21(25)22-18-11-12-20(28-4)19(13-18)23-29(5,26)27/h7-13,15,23H,6,14H2,1-5H3,(H,22,25). The molecule has 0 fully saturated rings. The molecule has 0 atom stereocenters. The van der Waals surface area contributed by atoms with Crippen molar-refractivity contribution in [3.8, 4) is 5.75 Å². The Bertz CT molecular complexity index is 941. The lowest BCUT2D eigenvalue weighted by atomic mass is 10.1. The van der Waals surface area contributed by atoms with Gasteiger partial charge in [-0.3, -0.25) is 14.4 Å². The molecule has 0 aliphatic heterocycles. The number of ether oxygens (including phenoxy) is 1. The molecular weight excluding hydrogens is 390 g/mol. The third-order valence-electron chi connectivity index (χ3n) is 4.49. The van der Waals surface area contributed by atoms with Gasteiger partial charge in [-0.05, 0) is 56.3 Å². The molecule has 0 aromatic heterocycles. The molecule has 2 aromatic rings. The maximum Gasteiger partial charge on any atom is 0.255 e. The first-order valence-corrected chi connectivity index (χ1v) is 11.3. The van der Waals surface area contributed by atoms with E-state index in [0.29, 0.717) is 23.0 Å². The third kappa shape index (κ3) is 6.76. The molecule has 29 heavy (non-hydrogen) atoms. The highest BCUT2D eigenvalue weighted by molar-refractivity contribution is 7.92.